The minimum Gasteiger partial charge on any atom is -0.326 e. The van der Waals surface area contributed by atoms with Gasteiger partial charge < -0.3 is 5.73 Å². The number of hydrogen-bond donors (Lipinski definition) is 1. The van der Waals surface area contributed by atoms with E-state index in [-0.39, 0.29) is 0 Å². The van der Waals surface area contributed by atoms with Crippen LogP contribution in [-0.2, 0) is 6.54 Å². The van der Waals surface area contributed by atoms with Crippen molar-refractivity contribution in [3.8, 4) is 11.5 Å². The molecule has 0 aliphatic carbocycles. The van der Waals surface area contributed by atoms with E-state index >= 15 is 0 Å². The zero-order chi connectivity index (χ0) is 13.3. The van der Waals surface area contributed by atoms with Gasteiger partial charge in [-0.25, -0.2) is 9.97 Å². The summed E-state index contributed by atoms with van der Waals surface area (Å²) in [6.45, 7) is 8.45. The molecule has 2 N–H and O–H groups in total. The van der Waals surface area contributed by atoms with Crippen LogP contribution in [0.25, 0.3) is 11.5 Å². The number of pyridine rings is 1. The molecule has 0 saturated carbocycles. The van der Waals surface area contributed by atoms with Crippen LogP contribution in [0.2, 0.25) is 0 Å². The molecule has 18 heavy (non-hydrogen) atoms. The Balaban J connectivity index is 2.58. The fourth-order valence-corrected chi connectivity index (χ4v) is 2.09. The second kappa shape index (κ2) is 4.82. The van der Waals surface area contributed by atoms with Crippen molar-refractivity contribution >= 4 is 0 Å². The highest BCUT2D eigenvalue weighted by Gasteiger charge is 2.11. The number of aryl methyl sites for hydroxylation is 4. The fourth-order valence-electron chi connectivity index (χ4n) is 2.09. The molecule has 0 amide bonds. The minimum absolute atomic E-state index is 0.470. The van der Waals surface area contributed by atoms with E-state index in [4.69, 9.17) is 5.73 Å². The van der Waals surface area contributed by atoms with Crippen LogP contribution in [0.4, 0.5) is 0 Å². The third kappa shape index (κ3) is 2.24. The Morgan fingerprint density at radius 1 is 1.06 bits per heavy atom. The molecule has 2 aromatic rings. The van der Waals surface area contributed by atoms with E-state index in [1.54, 1.807) is 0 Å². The van der Waals surface area contributed by atoms with Crippen LogP contribution in [-0.4, -0.2) is 15.0 Å². The monoisotopic (exact) mass is 242 g/mol. The first kappa shape index (κ1) is 12.6. The van der Waals surface area contributed by atoms with Crippen molar-refractivity contribution in [2.75, 3.05) is 0 Å². The van der Waals surface area contributed by atoms with E-state index in [2.05, 4.69) is 21.0 Å². The second-order valence-electron chi connectivity index (χ2n) is 4.58. The lowest BCUT2D eigenvalue weighted by molar-refractivity contribution is 0.933. The van der Waals surface area contributed by atoms with Gasteiger partial charge in [0.15, 0.2) is 5.82 Å². The summed E-state index contributed by atoms with van der Waals surface area (Å²) in [5.74, 6) is 0.680. The third-order valence-electron chi connectivity index (χ3n) is 3.05. The molecule has 0 atom stereocenters. The standard InChI is InChI=1S/C14H18N4/c1-8-5-9(2)13(16-7-8)14-17-10(3)12(6-15)11(4)18-14/h5,7H,6,15H2,1-4H3. The molecule has 0 fully saturated rings. The Morgan fingerprint density at radius 2 is 1.67 bits per heavy atom. The number of rotatable bonds is 2. The fraction of sp³-hybridized carbons (Fsp3) is 0.357. The Bertz CT molecular complexity index is 567. The van der Waals surface area contributed by atoms with Crippen molar-refractivity contribution in [2.45, 2.75) is 34.2 Å². The maximum Gasteiger partial charge on any atom is 0.178 e. The molecule has 0 aromatic carbocycles. The van der Waals surface area contributed by atoms with Crippen LogP contribution >= 0.6 is 0 Å². The molecule has 0 unspecified atom stereocenters. The first-order valence-electron chi connectivity index (χ1n) is 6.00. The van der Waals surface area contributed by atoms with Crippen molar-refractivity contribution in [1.82, 2.24) is 15.0 Å². The van der Waals surface area contributed by atoms with Crippen LogP contribution < -0.4 is 5.73 Å². The molecule has 0 aliphatic rings. The maximum atomic E-state index is 5.69. The Morgan fingerprint density at radius 3 is 2.17 bits per heavy atom. The predicted molar refractivity (Wildman–Crippen MR) is 72.1 cm³/mol. The van der Waals surface area contributed by atoms with Gasteiger partial charge in [0.2, 0.25) is 0 Å². The summed E-state index contributed by atoms with van der Waals surface area (Å²) in [6, 6.07) is 2.09. The minimum atomic E-state index is 0.470. The molecule has 0 spiro atoms. The summed E-state index contributed by atoms with van der Waals surface area (Å²) in [5, 5.41) is 0. The normalized spacial score (nSPS) is 10.7. The van der Waals surface area contributed by atoms with Crippen molar-refractivity contribution < 1.29 is 0 Å². The molecule has 0 aliphatic heterocycles. The molecule has 2 aromatic heterocycles. The van der Waals surface area contributed by atoms with Gasteiger partial charge in [0.25, 0.3) is 0 Å². The zero-order valence-electron chi connectivity index (χ0n) is 11.3. The van der Waals surface area contributed by atoms with Crippen LogP contribution in [0.15, 0.2) is 12.3 Å². The van der Waals surface area contributed by atoms with E-state index < -0.39 is 0 Å². The van der Waals surface area contributed by atoms with Crippen molar-refractivity contribution in [3.05, 3.63) is 40.3 Å². The lowest BCUT2D eigenvalue weighted by Gasteiger charge is -2.10. The molecular weight excluding hydrogens is 224 g/mol. The highest BCUT2D eigenvalue weighted by Crippen LogP contribution is 2.20. The van der Waals surface area contributed by atoms with Crippen LogP contribution in [0.1, 0.15) is 28.1 Å². The Labute approximate surface area is 107 Å². The van der Waals surface area contributed by atoms with Gasteiger partial charge in [-0.15, -0.1) is 0 Å². The second-order valence-corrected chi connectivity index (χ2v) is 4.58. The van der Waals surface area contributed by atoms with E-state index in [0.717, 1.165) is 33.8 Å². The molecule has 4 nitrogen and oxygen atoms in total. The average Bonchev–Trinajstić information content (AvgIpc) is 2.28. The lowest BCUT2D eigenvalue weighted by Crippen LogP contribution is -2.08. The third-order valence-corrected chi connectivity index (χ3v) is 3.05. The highest BCUT2D eigenvalue weighted by atomic mass is 14.9. The van der Waals surface area contributed by atoms with Gasteiger partial charge in [-0.05, 0) is 38.8 Å². The number of aromatic nitrogens is 3. The average molecular weight is 242 g/mol. The van der Waals surface area contributed by atoms with Gasteiger partial charge >= 0.3 is 0 Å². The first-order valence-corrected chi connectivity index (χ1v) is 6.00. The first-order chi connectivity index (χ1) is 8.52. The summed E-state index contributed by atoms with van der Waals surface area (Å²) in [5.41, 5.74) is 11.7. The topological polar surface area (TPSA) is 64.7 Å². The van der Waals surface area contributed by atoms with Crippen LogP contribution in [0.3, 0.4) is 0 Å². The van der Waals surface area contributed by atoms with E-state index in [0.29, 0.717) is 12.4 Å². The highest BCUT2D eigenvalue weighted by molar-refractivity contribution is 5.55. The summed E-state index contributed by atoms with van der Waals surface area (Å²) >= 11 is 0. The quantitative estimate of drug-likeness (QED) is 0.877. The van der Waals surface area contributed by atoms with E-state index in [9.17, 15) is 0 Å². The lowest BCUT2D eigenvalue weighted by atomic mass is 10.1. The van der Waals surface area contributed by atoms with Gasteiger partial charge in [-0.2, -0.15) is 0 Å². The summed E-state index contributed by atoms with van der Waals surface area (Å²) < 4.78 is 0. The zero-order valence-corrected chi connectivity index (χ0v) is 11.3. The maximum absolute atomic E-state index is 5.69. The molecule has 2 rings (SSSR count). The molecule has 0 saturated heterocycles. The smallest absolute Gasteiger partial charge is 0.178 e. The summed E-state index contributed by atoms with van der Waals surface area (Å²) in [4.78, 5) is 13.5. The van der Waals surface area contributed by atoms with E-state index in [1.807, 2.05) is 33.9 Å². The molecule has 4 heteroatoms. The van der Waals surface area contributed by atoms with Gasteiger partial charge in [0, 0.05) is 29.7 Å². The number of nitrogens with zero attached hydrogens (tertiary/aromatic N) is 3. The number of nitrogens with two attached hydrogens (primary N) is 1. The number of hydrogen-bond acceptors (Lipinski definition) is 4. The molecular formula is C14H18N4. The van der Waals surface area contributed by atoms with Gasteiger partial charge in [0.1, 0.15) is 5.69 Å². The SMILES string of the molecule is Cc1cnc(-c2nc(C)c(CN)c(C)n2)c(C)c1. The summed E-state index contributed by atoms with van der Waals surface area (Å²) in [6.07, 6.45) is 1.84. The molecule has 94 valence electrons. The summed E-state index contributed by atoms with van der Waals surface area (Å²) in [7, 11) is 0. The van der Waals surface area contributed by atoms with Crippen LogP contribution in [0, 0.1) is 27.7 Å². The molecule has 0 bridgehead atoms. The Kier molecular flexibility index (Phi) is 3.39. The Hall–Kier alpha value is -1.81. The largest absolute Gasteiger partial charge is 0.326 e. The molecule has 0 radical (unpaired) electrons. The van der Waals surface area contributed by atoms with Crippen molar-refractivity contribution in [1.29, 1.82) is 0 Å². The molecule has 2 heterocycles. The van der Waals surface area contributed by atoms with Gasteiger partial charge in [-0.3, -0.25) is 4.98 Å². The van der Waals surface area contributed by atoms with Crippen LogP contribution in [0.5, 0.6) is 0 Å². The van der Waals surface area contributed by atoms with E-state index in [1.165, 1.54) is 0 Å². The van der Waals surface area contributed by atoms with Crippen molar-refractivity contribution in [3.63, 3.8) is 0 Å². The van der Waals surface area contributed by atoms with Gasteiger partial charge in [-0.1, -0.05) is 6.07 Å². The predicted octanol–water partition coefficient (Wildman–Crippen LogP) is 2.23. The van der Waals surface area contributed by atoms with Gasteiger partial charge in [0.05, 0.1) is 0 Å². The van der Waals surface area contributed by atoms with Crippen molar-refractivity contribution in [2.24, 2.45) is 5.73 Å².